The van der Waals surface area contributed by atoms with Crippen LogP contribution < -0.4 is 10.6 Å². The minimum absolute atomic E-state index is 0. The van der Waals surface area contributed by atoms with E-state index in [-0.39, 0.29) is 29.9 Å². The van der Waals surface area contributed by atoms with Gasteiger partial charge in [0.1, 0.15) is 0 Å². The van der Waals surface area contributed by atoms with Crippen LogP contribution in [-0.4, -0.2) is 49.5 Å². The van der Waals surface area contributed by atoms with Crippen molar-refractivity contribution in [3.8, 4) is 0 Å². The fourth-order valence-corrected chi connectivity index (χ4v) is 2.60. The van der Waals surface area contributed by atoms with Gasteiger partial charge < -0.3 is 15.5 Å². The molecule has 0 aromatic rings. The van der Waals surface area contributed by atoms with E-state index in [0.29, 0.717) is 17.9 Å². The summed E-state index contributed by atoms with van der Waals surface area (Å²) in [6.07, 6.45) is 4.97. The molecule has 0 aromatic carbocycles. The fraction of sp³-hybridized carbons (Fsp3) is 0.867. The number of hydrogen-bond acceptors (Lipinski definition) is 2. The number of hydrogen-bond donors (Lipinski definition) is 2. The van der Waals surface area contributed by atoms with Crippen LogP contribution in [0.15, 0.2) is 4.99 Å². The third kappa shape index (κ3) is 6.40. The van der Waals surface area contributed by atoms with Crippen molar-refractivity contribution in [3.05, 3.63) is 0 Å². The zero-order valence-corrected chi connectivity index (χ0v) is 15.8. The maximum atomic E-state index is 11.6. The third-order valence-electron chi connectivity index (χ3n) is 3.99. The number of halogens is 1. The molecule has 1 saturated carbocycles. The largest absolute Gasteiger partial charge is 0.356 e. The molecule has 0 radical (unpaired) electrons. The first-order valence-corrected chi connectivity index (χ1v) is 7.75. The quantitative estimate of drug-likeness (QED) is 0.317. The van der Waals surface area contributed by atoms with Gasteiger partial charge in [0.2, 0.25) is 5.91 Å². The first kappa shape index (κ1) is 18.5. The van der Waals surface area contributed by atoms with Crippen LogP contribution in [0, 0.1) is 5.41 Å². The zero-order valence-electron chi connectivity index (χ0n) is 13.4. The summed E-state index contributed by atoms with van der Waals surface area (Å²) < 4.78 is 0. The summed E-state index contributed by atoms with van der Waals surface area (Å²) in [5.74, 6) is 1.16. The molecule has 21 heavy (non-hydrogen) atoms. The van der Waals surface area contributed by atoms with Crippen molar-refractivity contribution in [2.45, 2.75) is 52.0 Å². The van der Waals surface area contributed by atoms with Gasteiger partial charge in [-0.05, 0) is 31.1 Å². The topological polar surface area (TPSA) is 56.7 Å². The number of nitrogens with one attached hydrogen (secondary N) is 2. The Balaban J connectivity index is 0.00000220. The van der Waals surface area contributed by atoms with Gasteiger partial charge in [0.05, 0.1) is 0 Å². The lowest BCUT2D eigenvalue weighted by molar-refractivity contribution is -0.121. The van der Waals surface area contributed by atoms with E-state index in [1.54, 1.807) is 0 Å². The number of aliphatic imine (C=N–C) groups is 1. The first-order valence-electron chi connectivity index (χ1n) is 7.75. The second-order valence-corrected chi connectivity index (χ2v) is 6.76. The van der Waals surface area contributed by atoms with Crippen LogP contribution in [0.3, 0.4) is 0 Å². The smallest absolute Gasteiger partial charge is 0.220 e. The van der Waals surface area contributed by atoms with E-state index in [2.05, 4.69) is 34.4 Å². The number of carbonyl (C=O) groups is 1. The molecule has 0 aromatic heterocycles. The molecule has 1 heterocycles. The van der Waals surface area contributed by atoms with E-state index in [9.17, 15) is 4.79 Å². The van der Waals surface area contributed by atoms with Crippen LogP contribution in [0.25, 0.3) is 0 Å². The van der Waals surface area contributed by atoms with Crippen LogP contribution in [-0.2, 0) is 4.79 Å². The molecule has 0 atom stereocenters. The van der Waals surface area contributed by atoms with E-state index < -0.39 is 0 Å². The molecule has 5 nitrogen and oxygen atoms in total. The van der Waals surface area contributed by atoms with Crippen LogP contribution in [0.5, 0.6) is 0 Å². The van der Waals surface area contributed by atoms with Gasteiger partial charge in [0, 0.05) is 39.1 Å². The zero-order chi connectivity index (χ0) is 14.6. The summed E-state index contributed by atoms with van der Waals surface area (Å²) in [6.45, 7) is 7.51. The number of carbonyl (C=O) groups excluding carboxylic acids is 1. The highest BCUT2D eigenvalue weighted by Gasteiger charge is 2.30. The van der Waals surface area contributed by atoms with Crippen molar-refractivity contribution < 1.29 is 4.79 Å². The summed E-state index contributed by atoms with van der Waals surface area (Å²) in [4.78, 5) is 18.2. The van der Waals surface area contributed by atoms with Crippen molar-refractivity contribution in [2.24, 2.45) is 10.4 Å². The molecule has 6 heteroatoms. The average molecular weight is 408 g/mol. The molecule has 2 fully saturated rings. The summed E-state index contributed by atoms with van der Waals surface area (Å²) in [6, 6.07) is 0.468. The molecule has 2 aliphatic rings. The molecule has 0 bridgehead atoms. The van der Waals surface area contributed by atoms with Gasteiger partial charge in [-0.15, -0.1) is 24.0 Å². The molecule has 0 spiro atoms. The molecule has 2 rings (SSSR count). The second kappa shape index (κ2) is 8.19. The van der Waals surface area contributed by atoms with E-state index in [1.165, 1.54) is 6.42 Å². The Hall–Kier alpha value is -0.530. The summed E-state index contributed by atoms with van der Waals surface area (Å²) in [5.41, 5.74) is 0.377. The molecule has 1 amide bonds. The predicted molar refractivity (Wildman–Crippen MR) is 97.1 cm³/mol. The molecule has 1 aliphatic carbocycles. The summed E-state index contributed by atoms with van der Waals surface area (Å²) >= 11 is 0. The lowest BCUT2D eigenvalue weighted by Crippen LogP contribution is -2.41. The monoisotopic (exact) mass is 408 g/mol. The third-order valence-corrected chi connectivity index (χ3v) is 3.99. The molecule has 1 saturated heterocycles. The van der Waals surface area contributed by atoms with Gasteiger partial charge >= 0.3 is 0 Å². The van der Waals surface area contributed by atoms with Crippen molar-refractivity contribution >= 4 is 35.8 Å². The molecular weight excluding hydrogens is 379 g/mol. The Morgan fingerprint density at radius 1 is 1.38 bits per heavy atom. The molecule has 122 valence electrons. The number of likely N-dealkylation sites (tertiary alicyclic amines) is 1. The number of nitrogens with zero attached hydrogens (tertiary/aromatic N) is 2. The minimum Gasteiger partial charge on any atom is -0.356 e. The van der Waals surface area contributed by atoms with Crippen molar-refractivity contribution in [2.75, 3.05) is 26.7 Å². The van der Waals surface area contributed by atoms with Gasteiger partial charge in [0.25, 0.3) is 0 Å². The molecular formula is C15H29IN4O. The number of rotatable bonds is 5. The highest BCUT2D eigenvalue weighted by Crippen LogP contribution is 2.28. The van der Waals surface area contributed by atoms with Gasteiger partial charge in [-0.3, -0.25) is 9.79 Å². The Kier molecular flexibility index (Phi) is 7.23. The van der Waals surface area contributed by atoms with E-state index in [0.717, 1.165) is 44.9 Å². The second-order valence-electron chi connectivity index (χ2n) is 6.76. The van der Waals surface area contributed by atoms with E-state index in [4.69, 9.17) is 0 Å². The summed E-state index contributed by atoms with van der Waals surface area (Å²) in [5, 5.41) is 6.38. The van der Waals surface area contributed by atoms with Crippen LogP contribution in [0.2, 0.25) is 0 Å². The maximum absolute atomic E-state index is 11.6. The van der Waals surface area contributed by atoms with E-state index in [1.807, 2.05) is 7.05 Å². The summed E-state index contributed by atoms with van der Waals surface area (Å²) in [7, 11) is 1.83. The predicted octanol–water partition coefficient (Wildman–Crippen LogP) is 1.97. The Bertz CT molecular complexity index is 380. The Morgan fingerprint density at radius 3 is 2.62 bits per heavy atom. The maximum Gasteiger partial charge on any atom is 0.220 e. The van der Waals surface area contributed by atoms with Gasteiger partial charge in [-0.25, -0.2) is 0 Å². The van der Waals surface area contributed by atoms with Crippen LogP contribution in [0.1, 0.15) is 46.0 Å². The van der Waals surface area contributed by atoms with E-state index >= 15 is 0 Å². The number of amides is 1. The Labute approximate surface area is 145 Å². The fourth-order valence-electron chi connectivity index (χ4n) is 2.60. The standard InChI is InChI=1S/C15H28N4O.HI/c1-15(2)8-10-19(11-15)14(16-3)17-9-4-5-13(20)18-12-6-7-12;/h12H,4-11H2,1-3H3,(H,16,17)(H,18,20);1H. The van der Waals surface area contributed by atoms with Gasteiger partial charge in [-0.2, -0.15) is 0 Å². The number of guanidine groups is 1. The van der Waals surface area contributed by atoms with Gasteiger partial charge in [0.15, 0.2) is 5.96 Å². The van der Waals surface area contributed by atoms with Crippen molar-refractivity contribution in [1.29, 1.82) is 0 Å². The van der Waals surface area contributed by atoms with Gasteiger partial charge in [-0.1, -0.05) is 13.8 Å². The molecule has 1 aliphatic heterocycles. The van der Waals surface area contributed by atoms with Crippen LogP contribution >= 0.6 is 24.0 Å². The minimum atomic E-state index is 0. The van der Waals surface area contributed by atoms with Crippen molar-refractivity contribution in [3.63, 3.8) is 0 Å². The molecule has 2 N–H and O–H groups in total. The Morgan fingerprint density at radius 2 is 2.10 bits per heavy atom. The lowest BCUT2D eigenvalue weighted by atomic mass is 9.93. The first-order chi connectivity index (χ1) is 9.50. The van der Waals surface area contributed by atoms with Crippen LogP contribution in [0.4, 0.5) is 0 Å². The van der Waals surface area contributed by atoms with Crippen molar-refractivity contribution in [1.82, 2.24) is 15.5 Å². The normalized spacial score (nSPS) is 20.9. The molecule has 0 unspecified atom stereocenters. The average Bonchev–Trinajstić information content (AvgIpc) is 3.12. The lowest BCUT2D eigenvalue weighted by Gasteiger charge is -2.23. The highest BCUT2D eigenvalue weighted by atomic mass is 127. The SMILES string of the molecule is CN=C(NCCCC(=O)NC1CC1)N1CCC(C)(C)C1.I. The highest BCUT2D eigenvalue weighted by molar-refractivity contribution is 14.0.